The lowest BCUT2D eigenvalue weighted by molar-refractivity contribution is -0.133. The fraction of sp³-hybridized carbons (Fsp3) is 0.556. The molecule has 2 aromatic rings. The average Bonchev–Trinajstić information content (AvgIpc) is 3.57. The summed E-state index contributed by atoms with van der Waals surface area (Å²) in [5.74, 6) is 0.383. The van der Waals surface area contributed by atoms with Crippen LogP contribution in [0.2, 0.25) is 0 Å². The van der Waals surface area contributed by atoms with Crippen LogP contribution in [-0.4, -0.2) is 64.7 Å². The zero-order valence-electron chi connectivity index (χ0n) is 22.1. The maximum absolute atomic E-state index is 13.6. The van der Waals surface area contributed by atoms with E-state index in [1.807, 2.05) is 6.07 Å². The molecule has 1 saturated carbocycles. The molecule has 1 unspecified atom stereocenters. The lowest BCUT2D eigenvalue weighted by Gasteiger charge is -2.43. The van der Waals surface area contributed by atoms with Gasteiger partial charge in [0.2, 0.25) is 5.91 Å². The molecule has 200 valence electrons. The summed E-state index contributed by atoms with van der Waals surface area (Å²) in [4.78, 5) is 41.7. The van der Waals surface area contributed by atoms with Crippen molar-refractivity contribution in [2.24, 2.45) is 0 Å². The van der Waals surface area contributed by atoms with Gasteiger partial charge in [-0.3, -0.25) is 19.1 Å². The molecule has 1 fully saturated rings. The van der Waals surface area contributed by atoms with Crippen molar-refractivity contribution in [3.63, 3.8) is 0 Å². The smallest absolute Gasteiger partial charge is 0.273 e. The largest absolute Gasteiger partial charge is 0.497 e. The Kier molecular flexibility index (Phi) is 8.04. The van der Waals surface area contributed by atoms with Crippen LogP contribution >= 0.6 is 0 Å². The van der Waals surface area contributed by atoms with Gasteiger partial charge in [0.15, 0.2) is 5.69 Å². The van der Waals surface area contributed by atoms with E-state index >= 15 is 0 Å². The summed E-state index contributed by atoms with van der Waals surface area (Å²) in [6.07, 6.45) is 5.80. The van der Waals surface area contributed by atoms with Gasteiger partial charge in [0.25, 0.3) is 11.8 Å². The second-order valence-corrected chi connectivity index (χ2v) is 9.97. The number of carbonyl (C=O) groups excluding carboxylic acids is 3. The first-order valence-electron chi connectivity index (χ1n) is 13.0. The Morgan fingerprint density at radius 1 is 1.16 bits per heavy atom. The van der Waals surface area contributed by atoms with E-state index in [0.29, 0.717) is 23.7 Å². The minimum absolute atomic E-state index is 0.131. The summed E-state index contributed by atoms with van der Waals surface area (Å²) >= 11 is 0. The Morgan fingerprint density at radius 2 is 1.92 bits per heavy atom. The first-order chi connectivity index (χ1) is 17.8. The summed E-state index contributed by atoms with van der Waals surface area (Å²) in [6.45, 7) is 4.72. The van der Waals surface area contributed by atoms with E-state index in [2.05, 4.69) is 22.7 Å². The third-order valence-corrected chi connectivity index (χ3v) is 7.38. The molecule has 10 nitrogen and oxygen atoms in total. The first kappa shape index (κ1) is 26.5. The molecular formula is C27H37N5O5. The molecule has 2 aliphatic rings. The first-order valence-corrected chi connectivity index (χ1v) is 13.0. The fourth-order valence-corrected chi connectivity index (χ4v) is 5.09. The molecule has 0 radical (unpaired) electrons. The second kappa shape index (κ2) is 11.2. The van der Waals surface area contributed by atoms with Crippen LogP contribution in [0.15, 0.2) is 24.3 Å². The van der Waals surface area contributed by atoms with Crippen LogP contribution in [0.1, 0.15) is 78.9 Å². The second-order valence-electron chi connectivity index (χ2n) is 9.97. The van der Waals surface area contributed by atoms with Crippen molar-refractivity contribution < 1.29 is 23.9 Å². The topological polar surface area (TPSA) is 115 Å². The minimum atomic E-state index is -1.09. The molecular weight excluding hydrogens is 474 g/mol. The molecule has 0 spiro atoms. The molecule has 3 amide bonds. The highest BCUT2D eigenvalue weighted by molar-refractivity contribution is 6.02. The SMILES string of the molecule is CCCCN1C(=O)c2cc(C(=O)NCc3ccc(OC)cc3OC)nn2CC1(C)C(=O)NC1CCCC1. The van der Waals surface area contributed by atoms with Gasteiger partial charge in [0.05, 0.1) is 20.8 Å². The lowest BCUT2D eigenvalue weighted by Crippen LogP contribution is -2.65. The zero-order valence-corrected chi connectivity index (χ0v) is 22.1. The van der Waals surface area contributed by atoms with E-state index < -0.39 is 11.4 Å². The zero-order chi connectivity index (χ0) is 26.6. The van der Waals surface area contributed by atoms with Crippen molar-refractivity contribution in [1.82, 2.24) is 25.3 Å². The lowest BCUT2D eigenvalue weighted by atomic mass is 9.94. The van der Waals surface area contributed by atoms with Gasteiger partial charge >= 0.3 is 0 Å². The number of hydrogen-bond donors (Lipinski definition) is 2. The van der Waals surface area contributed by atoms with Crippen LogP contribution in [-0.2, 0) is 17.9 Å². The molecule has 10 heteroatoms. The number of ether oxygens (including phenoxy) is 2. The van der Waals surface area contributed by atoms with Gasteiger partial charge in [-0.15, -0.1) is 0 Å². The third kappa shape index (κ3) is 5.42. The number of carbonyl (C=O) groups is 3. The maximum atomic E-state index is 13.6. The third-order valence-electron chi connectivity index (χ3n) is 7.38. The summed E-state index contributed by atoms with van der Waals surface area (Å²) in [6, 6.07) is 7.01. The number of hydrogen-bond acceptors (Lipinski definition) is 6. The van der Waals surface area contributed by atoms with Crippen molar-refractivity contribution in [3.8, 4) is 11.5 Å². The average molecular weight is 512 g/mol. The van der Waals surface area contributed by atoms with Crippen LogP contribution in [0.5, 0.6) is 11.5 Å². The number of benzene rings is 1. The number of unbranched alkanes of at least 4 members (excludes halogenated alkanes) is 1. The highest BCUT2D eigenvalue weighted by Gasteiger charge is 2.48. The van der Waals surface area contributed by atoms with E-state index in [9.17, 15) is 14.4 Å². The standard InChI is InChI=1S/C27H37N5O5/c1-5-6-13-31-25(34)22-15-21(24(33)28-16-18-11-12-20(36-3)14-23(18)37-4)30-32(22)17-27(31,2)26(35)29-19-9-7-8-10-19/h11-12,14-15,19H,5-10,13,16-17H2,1-4H3,(H,28,33)(H,29,35). The molecule has 0 bridgehead atoms. The number of nitrogens with one attached hydrogen (secondary N) is 2. The number of fused-ring (bicyclic) bond motifs is 1. The van der Waals surface area contributed by atoms with E-state index in [-0.39, 0.29) is 36.6 Å². The Bertz CT molecular complexity index is 1160. The van der Waals surface area contributed by atoms with Crippen molar-refractivity contribution in [3.05, 3.63) is 41.2 Å². The summed E-state index contributed by atoms with van der Waals surface area (Å²) in [7, 11) is 3.13. The number of methoxy groups -OCH3 is 2. The predicted octanol–water partition coefficient (Wildman–Crippen LogP) is 2.90. The Morgan fingerprint density at radius 3 is 2.59 bits per heavy atom. The molecule has 0 saturated heterocycles. The molecule has 2 heterocycles. The number of nitrogens with zero attached hydrogens (tertiary/aromatic N) is 3. The fourth-order valence-electron chi connectivity index (χ4n) is 5.09. The Balaban J connectivity index is 1.53. The molecule has 37 heavy (non-hydrogen) atoms. The molecule has 4 rings (SSSR count). The van der Waals surface area contributed by atoms with E-state index in [1.54, 1.807) is 38.2 Å². The minimum Gasteiger partial charge on any atom is -0.497 e. The highest BCUT2D eigenvalue weighted by atomic mass is 16.5. The van der Waals surface area contributed by atoms with Crippen LogP contribution in [0.3, 0.4) is 0 Å². The Labute approximate surface area is 217 Å². The summed E-state index contributed by atoms with van der Waals surface area (Å²) in [5, 5.41) is 10.4. The monoisotopic (exact) mass is 511 g/mol. The van der Waals surface area contributed by atoms with Crippen LogP contribution in [0, 0.1) is 0 Å². The van der Waals surface area contributed by atoms with Crippen molar-refractivity contribution in [2.75, 3.05) is 20.8 Å². The van der Waals surface area contributed by atoms with Gasteiger partial charge in [0, 0.05) is 36.8 Å². The van der Waals surface area contributed by atoms with Gasteiger partial charge in [-0.25, -0.2) is 0 Å². The van der Waals surface area contributed by atoms with Gasteiger partial charge < -0.3 is 25.0 Å². The van der Waals surface area contributed by atoms with Gasteiger partial charge in [-0.2, -0.15) is 5.10 Å². The number of rotatable bonds is 10. The highest BCUT2D eigenvalue weighted by Crippen LogP contribution is 2.29. The quantitative estimate of drug-likeness (QED) is 0.507. The van der Waals surface area contributed by atoms with Gasteiger partial charge in [-0.05, 0) is 38.3 Å². The van der Waals surface area contributed by atoms with Crippen LogP contribution in [0.25, 0.3) is 0 Å². The molecule has 1 aromatic heterocycles. The predicted molar refractivity (Wildman–Crippen MR) is 138 cm³/mol. The molecule has 1 aromatic carbocycles. The van der Waals surface area contributed by atoms with E-state index in [0.717, 1.165) is 44.1 Å². The molecule has 1 atom stereocenters. The van der Waals surface area contributed by atoms with Crippen molar-refractivity contribution in [2.45, 2.75) is 77.0 Å². The summed E-state index contributed by atoms with van der Waals surface area (Å²) < 4.78 is 12.1. The van der Waals surface area contributed by atoms with Crippen molar-refractivity contribution in [1.29, 1.82) is 0 Å². The van der Waals surface area contributed by atoms with Crippen molar-refractivity contribution >= 4 is 17.7 Å². The maximum Gasteiger partial charge on any atom is 0.273 e. The number of aromatic nitrogens is 2. The van der Waals surface area contributed by atoms with Crippen LogP contribution < -0.4 is 20.1 Å². The molecule has 1 aliphatic heterocycles. The Hall–Kier alpha value is -3.56. The molecule has 1 aliphatic carbocycles. The van der Waals surface area contributed by atoms with Crippen LogP contribution in [0.4, 0.5) is 0 Å². The molecule has 2 N–H and O–H groups in total. The van der Waals surface area contributed by atoms with Gasteiger partial charge in [0.1, 0.15) is 22.7 Å². The van der Waals surface area contributed by atoms with E-state index in [1.165, 1.54) is 10.7 Å². The number of amides is 3. The van der Waals surface area contributed by atoms with E-state index in [4.69, 9.17) is 9.47 Å². The normalized spacial score (nSPS) is 19.5. The summed E-state index contributed by atoms with van der Waals surface area (Å²) in [5.41, 5.74) is 0.137. The van der Waals surface area contributed by atoms with Gasteiger partial charge in [-0.1, -0.05) is 26.2 Å².